The molecule has 0 unspecified atom stereocenters. The number of carbonyl (C=O) groups is 1. The number of imidazole rings is 1. The third-order valence-electron chi connectivity index (χ3n) is 7.34. The molecule has 0 aromatic carbocycles. The van der Waals surface area contributed by atoms with Gasteiger partial charge in [-0.1, -0.05) is 0 Å². The van der Waals surface area contributed by atoms with Crippen molar-refractivity contribution in [2.45, 2.75) is 62.6 Å². The Morgan fingerprint density at radius 1 is 1.38 bits per heavy atom. The van der Waals surface area contributed by atoms with Crippen molar-refractivity contribution in [2.75, 3.05) is 11.9 Å². The van der Waals surface area contributed by atoms with Crippen molar-refractivity contribution in [2.24, 2.45) is 0 Å². The van der Waals surface area contributed by atoms with E-state index in [0.29, 0.717) is 29.1 Å². The Morgan fingerprint density at radius 3 is 3.00 bits per heavy atom. The number of hydrogen-bond donors (Lipinski definition) is 3. The highest BCUT2D eigenvalue weighted by Crippen LogP contribution is 2.39. The van der Waals surface area contributed by atoms with Gasteiger partial charge in [-0.05, 0) is 38.7 Å². The van der Waals surface area contributed by atoms with Crippen LogP contribution in [0.3, 0.4) is 0 Å². The number of aromatic amines is 1. The van der Waals surface area contributed by atoms with E-state index in [1.165, 1.54) is 0 Å². The molecule has 1 amide bonds. The van der Waals surface area contributed by atoms with E-state index < -0.39 is 24.5 Å². The topological polar surface area (TPSA) is 160 Å². The van der Waals surface area contributed by atoms with Crippen molar-refractivity contribution in [1.29, 1.82) is 5.26 Å². The van der Waals surface area contributed by atoms with E-state index in [-0.39, 0.29) is 17.8 Å². The van der Waals surface area contributed by atoms with E-state index in [4.69, 9.17) is 9.47 Å². The minimum Gasteiger partial charge on any atom is -0.441 e. The Labute approximate surface area is 221 Å². The van der Waals surface area contributed by atoms with E-state index in [1.54, 1.807) is 29.1 Å². The summed E-state index contributed by atoms with van der Waals surface area (Å²) in [6.07, 6.45) is 4.70. The van der Waals surface area contributed by atoms with E-state index in [9.17, 15) is 10.1 Å². The molecule has 1 aliphatic heterocycles. The fraction of sp³-hybridized carbons (Fsp3) is 0.440. The summed E-state index contributed by atoms with van der Waals surface area (Å²) in [5, 5.41) is 26.8. The van der Waals surface area contributed by atoms with Gasteiger partial charge in [0.25, 0.3) is 0 Å². The lowest BCUT2D eigenvalue weighted by atomic mass is 10.1. The standard InChI is InChI=1S/C25H25FN10O3/c1-25(5-6-25)32-24(37)39-18-12-38-21(20(18)26)16-8-19(34-33-16)31-23-28-10-15(22-30-13(9-27)11-35(22)23)17-4-7-29-36(17)14-2-3-14/h4,7-8,10-11,14,18,20-21H,2-3,5-6,12H2,1H3,(H,32,37)(H2,28,31,33,34)/t18-,20+,21-/m1/s1. The van der Waals surface area contributed by atoms with Crippen LogP contribution in [0.25, 0.3) is 16.9 Å². The van der Waals surface area contributed by atoms with E-state index >= 15 is 4.39 Å². The molecule has 4 aromatic heterocycles. The van der Waals surface area contributed by atoms with Crippen LogP contribution in [0.1, 0.15) is 56.1 Å². The Kier molecular flexibility index (Phi) is 5.31. The number of carbonyl (C=O) groups excluding carboxylic acids is 1. The molecule has 0 radical (unpaired) electrons. The molecule has 14 heteroatoms. The molecule has 3 atom stereocenters. The molecule has 7 rings (SSSR count). The molecule has 0 spiro atoms. The van der Waals surface area contributed by atoms with Crippen LogP contribution in [0, 0.1) is 11.3 Å². The highest BCUT2D eigenvalue weighted by Gasteiger charge is 2.44. The molecule has 0 bridgehead atoms. The number of nitrogens with zero attached hydrogens (tertiary/aromatic N) is 7. The summed E-state index contributed by atoms with van der Waals surface area (Å²) in [5.74, 6) is 0.732. The van der Waals surface area contributed by atoms with Gasteiger partial charge in [-0.15, -0.1) is 0 Å². The lowest BCUT2D eigenvalue weighted by Gasteiger charge is -2.17. The van der Waals surface area contributed by atoms with Gasteiger partial charge in [0.1, 0.15) is 12.2 Å². The Bertz CT molecular complexity index is 1610. The molecule has 3 aliphatic rings. The van der Waals surface area contributed by atoms with Gasteiger partial charge < -0.3 is 20.1 Å². The molecule has 200 valence electrons. The number of rotatable bonds is 7. The van der Waals surface area contributed by atoms with Gasteiger partial charge in [0.15, 0.2) is 29.4 Å². The monoisotopic (exact) mass is 532 g/mol. The molecule has 4 aromatic rings. The first-order valence-electron chi connectivity index (χ1n) is 12.8. The average molecular weight is 533 g/mol. The minimum absolute atomic E-state index is 0.0647. The maximum Gasteiger partial charge on any atom is 0.408 e. The predicted molar refractivity (Wildman–Crippen MR) is 134 cm³/mol. The van der Waals surface area contributed by atoms with Crippen LogP contribution >= 0.6 is 0 Å². The van der Waals surface area contributed by atoms with Crippen LogP contribution in [0.5, 0.6) is 0 Å². The average Bonchev–Trinajstić information content (AvgIpc) is 3.59. The first-order chi connectivity index (χ1) is 18.9. The second-order valence-electron chi connectivity index (χ2n) is 10.5. The van der Waals surface area contributed by atoms with E-state index in [2.05, 4.69) is 42.0 Å². The third-order valence-corrected chi connectivity index (χ3v) is 7.34. The number of fused-ring (bicyclic) bond motifs is 1. The summed E-state index contributed by atoms with van der Waals surface area (Å²) < 4.78 is 29.7. The first-order valence-corrected chi connectivity index (χ1v) is 12.8. The van der Waals surface area contributed by atoms with Crippen LogP contribution in [-0.4, -0.2) is 64.9 Å². The van der Waals surface area contributed by atoms with Crippen LogP contribution in [0.15, 0.2) is 30.7 Å². The number of anilines is 2. The summed E-state index contributed by atoms with van der Waals surface area (Å²) in [5.41, 5.74) is 2.53. The van der Waals surface area contributed by atoms with Crippen LogP contribution < -0.4 is 10.6 Å². The van der Waals surface area contributed by atoms with Crippen molar-refractivity contribution in [3.05, 3.63) is 42.1 Å². The van der Waals surface area contributed by atoms with E-state index in [0.717, 1.165) is 36.9 Å². The van der Waals surface area contributed by atoms with Crippen LogP contribution in [0.4, 0.5) is 21.0 Å². The molecule has 2 aliphatic carbocycles. The Balaban J connectivity index is 1.10. The summed E-state index contributed by atoms with van der Waals surface area (Å²) in [7, 11) is 0. The zero-order valence-electron chi connectivity index (χ0n) is 21.0. The summed E-state index contributed by atoms with van der Waals surface area (Å²) in [6.45, 7) is 1.85. The molecule has 3 N–H and O–H groups in total. The fourth-order valence-corrected chi connectivity index (χ4v) is 4.77. The van der Waals surface area contributed by atoms with Gasteiger partial charge in [0, 0.05) is 24.0 Å². The fourth-order valence-electron chi connectivity index (χ4n) is 4.77. The van der Waals surface area contributed by atoms with Crippen molar-refractivity contribution >= 4 is 23.5 Å². The van der Waals surface area contributed by atoms with E-state index in [1.807, 2.05) is 17.7 Å². The molecule has 2 saturated carbocycles. The lowest BCUT2D eigenvalue weighted by Crippen LogP contribution is -2.39. The van der Waals surface area contributed by atoms with Crippen LogP contribution in [0.2, 0.25) is 0 Å². The van der Waals surface area contributed by atoms with Gasteiger partial charge in [-0.25, -0.2) is 19.2 Å². The highest BCUT2D eigenvalue weighted by molar-refractivity contribution is 5.77. The number of nitrogens with one attached hydrogen (secondary N) is 3. The van der Waals surface area contributed by atoms with Crippen LogP contribution in [-0.2, 0) is 9.47 Å². The lowest BCUT2D eigenvalue weighted by molar-refractivity contribution is 0.0604. The maximum absolute atomic E-state index is 15.1. The molecule has 3 fully saturated rings. The number of aromatic nitrogens is 7. The molecule has 1 saturated heterocycles. The highest BCUT2D eigenvalue weighted by atomic mass is 19.1. The number of alkyl carbamates (subject to hydrolysis) is 1. The number of H-pyrrole nitrogens is 1. The summed E-state index contributed by atoms with van der Waals surface area (Å²) in [4.78, 5) is 21.2. The maximum atomic E-state index is 15.1. The molecule has 39 heavy (non-hydrogen) atoms. The Morgan fingerprint density at radius 2 is 2.23 bits per heavy atom. The SMILES string of the molecule is CC1(NC(=O)O[C@@H]2CO[C@H](c3cc(Nc4ncc(-c5ccnn5C5CC5)c5nc(C#N)cn45)n[nH]3)[C@H]2F)CC1. The smallest absolute Gasteiger partial charge is 0.408 e. The number of hydrogen-bond acceptors (Lipinski definition) is 9. The molecule has 5 heterocycles. The van der Waals surface area contributed by atoms with Gasteiger partial charge in [0.2, 0.25) is 5.95 Å². The summed E-state index contributed by atoms with van der Waals surface area (Å²) >= 11 is 0. The number of nitriles is 1. The largest absolute Gasteiger partial charge is 0.441 e. The molecular formula is C25H25FN10O3. The quantitative estimate of drug-likeness (QED) is 0.324. The number of halogens is 1. The number of ether oxygens (including phenoxy) is 2. The van der Waals surface area contributed by atoms with Crippen molar-refractivity contribution in [3.63, 3.8) is 0 Å². The van der Waals surface area contributed by atoms with Crippen molar-refractivity contribution in [1.82, 2.24) is 39.7 Å². The van der Waals surface area contributed by atoms with Gasteiger partial charge in [0.05, 0.1) is 35.8 Å². The molecular weight excluding hydrogens is 507 g/mol. The van der Waals surface area contributed by atoms with Gasteiger partial charge in [-0.2, -0.15) is 15.5 Å². The second kappa shape index (κ2) is 8.77. The predicted octanol–water partition coefficient (Wildman–Crippen LogP) is 3.32. The summed E-state index contributed by atoms with van der Waals surface area (Å²) in [6, 6.07) is 5.95. The number of amides is 1. The zero-order valence-corrected chi connectivity index (χ0v) is 21.0. The first kappa shape index (κ1) is 23.6. The zero-order chi connectivity index (χ0) is 26.7. The van der Waals surface area contributed by atoms with Crippen molar-refractivity contribution < 1.29 is 18.7 Å². The number of alkyl halides is 1. The third kappa shape index (κ3) is 4.34. The van der Waals surface area contributed by atoms with Crippen molar-refractivity contribution in [3.8, 4) is 17.3 Å². The van der Waals surface area contributed by atoms with Gasteiger partial charge >= 0.3 is 6.09 Å². The van der Waals surface area contributed by atoms with Gasteiger partial charge in [-0.3, -0.25) is 14.2 Å². The normalized spacial score (nSPS) is 23.5. The minimum atomic E-state index is -1.57. The molecule has 13 nitrogen and oxygen atoms in total. The Hall–Kier alpha value is -4.51. The second-order valence-corrected chi connectivity index (χ2v) is 10.5.